The zero-order valence-electron chi connectivity index (χ0n) is 19.8. The molecule has 7 nitrogen and oxygen atoms in total. The van der Waals surface area contributed by atoms with E-state index in [9.17, 15) is 5.26 Å². The molecule has 1 aromatic carbocycles. The molecule has 0 bridgehead atoms. The Morgan fingerprint density at radius 1 is 1.23 bits per heavy atom. The summed E-state index contributed by atoms with van der Waals surface area (Å²) in [5.74, 6) is 1.15. The largest absolute Gasteiger partial charge is 0.362 e. The Hall–Kier alpha value is -3.14. The number of benzene rings is 1. The van der Waals surface area contributed by atoms with Crippen LogP contribution >= 0.6 is 0 Å². The number of aryl methyl sites for hydroxylation is 2. The average molecular weight is 413 g/mol. The monoisotopic (exact) mass is 412 g/mol. The van der Waals surface area contributed by atoms with Gasteiger partial charge in [0.05, 0.1) is 6.20 Å². The molecule has 0 aliphatic heterocycles. The molecule has 1 amide bonds. The summed E-state index contributed by atoms with van der Waals surface area (Å²) in [7, 11) is 3.52. The van der Waals surface area contributed by atoms with Crippen molar-refractivity contribution in [2.75, 3.05) is 30.9 Å². The maximum atomic E-state index is 9.35. The molecule has 0 aliphatic carbocycles. The molecule has 164 valence electrons. The Bertz CT molecular complexity index is 837. The molecule has 0 fully saturated rings. The summed E-state index contributed by atoms with van der Waals surface area (Å²) in [6, 6.07) is 8.38. The van der Waals surface area contributed by atoms with Crippen LogP contribution in [0.4, 0.5) is 17.5 Å². The van der Waals surface area contributed by atoms with Crippen LogP contribution < -0.4 is 15.5 Å². The van der Waals surface area contributed by atoms with Gasteiger partial charge in [-0.3, -0.25) is 4.79 Å². The molecule has 2 aromatic rings. The number of hydrogen-bond donors (Lipinski definition) is 2. The smallest absolute Gasteiger partial charge is 0.229 e. The molecule has 1 heterocycles. The fourth-order valence-corrected chi connectivity index (χ4v) is 2.58. The summed E-state index contributed by atoms with van der Waals surface area (Å²) < 4.78 is 0. The molecule has 0 spiro atoms. The first-order chi connectivity index (χ1) is 14.1. The number of carbonyl (C=O) groups is 1. The Morgan fingerprint density at radius 3 is 2.33 bits per heavy atom. The van der Waals surface area contributed by atoms with E-state index in [4.69, 9.17) is 4.79 Å². The molecule has 2 N–H and O–H groups in total. The zero-order chi connectivity index (χ0) is 23.3. The zero-order valence-corrected chi connectivity index (χ0v) is 19.8. The van der Waals surface area contributed by atoms with Gasteiger partial charge in [-0.1, -0.05) is 46.8 Å². The van der Waals surface area contributed by atoms with E-state index in [2.05, 4.69) is 65.6 Å². The normalized spacial score (nSPS) is 9.73. The molecule has 2 rings (SSSR count). The fourth-order valence-electron chi connectivity index (χ4n) is 2.58. The molecule has 0 saturated carbocycles. The fraction of sp³-hybridized carbons (Fsp3) is 0.478. The van der Waals surface area contributed by atoms with Crippen molar-refractivity contribution in [3.8, 4) is 6.07 Å². The molecule has 0 unspecified atom stereocenters. The summed E-state index contributed by atoms with van der Waals surface area (Å²) in [5.41, 5.74) is 3.85. The van der Waals surface area contributed by atoms with E-state index >= 15 is 0 Å². The first kappa shape index (κ1) is 26.9. The minimum Gasteiger partial charge on any atom is -0.362 e. The highest BCUT2D eigenvalue weighted by atomic mass is 16.1. The topological polar surface area (TPSA) is 93.9 Å². The molecular weight excluding hydrogens is 376 g/mol. The number of aromatic nitrogens is 2. The van der Waals surface area contributed by atoms with Crippen molar-refractivity contribution in [2.24, 2.45) is 5.41 Å². The third-order valence-corrected chi connectivity index (χ3v) is 3.72. The van der Waals surface area contributed by atoms with Crippen LogP contribution in [0.1, 0.15) is 51.3 Å². The minimum atomic E-state index is 0.104. The first-order valence-corrected chi connectivity index (χ1v) is 10.0. The lowest BCUT2D eigenvalue weighted by atomic mass is 9.96. The quantitative estimate of drug-likeness (QED) is 0.698. The van der Waals surface area contributed by atoms with Crippen molar-refractivity contribution in [2.45, 2.75) is 48.5 Å². The van der Waals surface area contributed by atoms with Gasteiger partial charge in [-0.25, -0.2) is 4.98 Å². The highest BCUT2D eigenvalue weighted by Gasteiger charge is 2.18. The van der Waals surface area contributed by atoms with Crippen LogP contribution in [0.5, 0.6) is 0 Å². The van der Waals surface area contributed by atoms with E-state index in [1.807, 2.05) is 39.6 Å². The summed E-state index contributed by atoms with van der Waals surface area (Å²) >= 11 is 0. The van der Waals surface area contributed by atoms with Gasteiger partial charge in [0.15, 0.2) is 5.82 Å². The number of rotatable bonds is 5. The predicted molar refractivity (Wildman–Crippen MR) is 125 cm³/mol. The maximum Gasteiger partial charge on any atom is 0.229 e. The lowest BCUT2D eigenvalue weighted by Crippen LogP contribution is -2.30. The number of anilines is 3. The first-order valence-electron chi connectivity index (χ1n) is 10.0. The third-order valence-electron chi connectivity index (χ3n) is 3.72. The van der Waals surface area contributed by atoms with E-state index in [-0.39, 0.29) is 5.41 Å². The van der Waals surface area contributed by atoms with Gasteiger partial charge in [0, 0.05) is 26.3 Å². The number of nitriles is 1. The summed E-state index contributed by atoms with van der Waals surface area (Å²) in [4.78, 5) is 19.9. The Kier molecular flexibility index (Phi) is 11.8. The molecular formula is C23H36N6O. The molecule has 0 radical (unpaired) electrons. The van der Waals surface area contributed by atoms with Crippen molar-refractivity contribution in [3.63, 3.8) is 0 Å². The van der Waals surface area contributed by atoms with Gasteiger partial charge in [-0.05, 0) is 36.5 Å². The van der Waals surface area contributed by atoms with Gasteiger partial charge < -0.3 is 15.5 Å². The molecule has 0 atom stereocenters. The van der Waals surface area contributed by atoms with Gasteiger partial charge in [-0.2, -0.15) is 10.2 Å². The Morgan fingerprint density at radius 2 is 1.83 bits per heavy atom. The SMILES string of the molecule is CC.CNC=O.Cc1ccc(C)c(Nc2ncc(C#N)c(N(C)CC(C)(C)C)n2)c1. The van der Waals surface area contributed by atoms with Crippen LogP contribution in [0.2, 0.25) is 0 Å². The van der Waals surface area contributed by atoms with Gasteiger partial charge in [0.25, 0.3) is 0 Å². The number of nitrogens with one attached hydrogen (secondary N) is 2. The van der Waals surface area contributed by atoms with Crippen molar-refractivity contribution >= 4 is 23.9 Å². The number of nitrogens with zero attached hydrogens (tertiary/aromatic N) is 4. The molecule has 0 aliphatic rings. The summed E-state index contributed by atoms with van der Waals surface area (Å²) in [6.07, 6.45) is 2.20. The van der Waals surface area contributed by atoms with Crippen molar-refractivity contribution < 1.29 is 4.79 Å². The lowest BCUT2D eigenvalue weighted by Gasteiger charge is -2.28. The van der Waals surface area contributed by atoms with Crippen molar-refractivity contribution in [3.05, 3.63) is 41.1 Å². The van der Waals surface area contributed by atoms with E-state index in [0.29, 0.717) is 23.7 Å². The summed E-state index contributed by atoms with van der Waals surface area (Å²) in [6.45, 7) is 15.4. The van der Waals surface area contributed by atoms with Crippen LogP contribution in [0.25, 0.3) is 0 Å². The van der Waals surface area contributed by atoms with E-state index in [1.54, 1.807) is 13.2 Å². The van der Waals surface area contributed by atoms with E-state index < -0.39 is 0 Å². The lowest BCUT2D eigenvalue weighted by molar-refractivity contribution is -0.109. The second kappa shape index (κ2) is 13.2. The van der Waals surface area contributed by atoms with Crippen molar-refractivity contribution in [1.82, 2.24) is 15.3 Å². The van der Waals surface area contributed by atoms with Gasteiger partial charge in [0.1, 0.15) is 11.6 Å². The van der Waals surface area contributed by atoms with Crippen LogP contribution in [0.3, 0.4) is 0 Å². The Labute approximate surface area is 181 Å². The molecule has 30 heavy (non-hydrogen) atoms. The van der Waals surface area contributed by atoms with Crippen LogP contribution in [-0.4, -0.2) is 37.0 Å². The maximum absolute atomic E-state index is 9.35. The third kappa shape index (κ3) is 9.37. The van der Waals surface area contributed by atoms with E-state index in [1.165, 1.54) is 5.56 Å². The van der Waals surface area contributed by atoms with Crippen LogP contribution in [-0.2, 0) is 4.79 Å². The molecule has 7 heteroatoms. The number of carbonyl (C=O) groups excluding carboxylic acids is 1. The Balaban J connectivity index is 0.00000125. The second-order valence-corrected chi connectivity index (χ2v) is 7.81. The van der Waals surface area contributed by atoms with Crippen LogP contribution in [0.15, 0.2) is 24.4 Å². The highest BCUT2D eigenvalue weighted by molar-refractivity contribution is 5.62. The van der Waals surface area contributed by atoms with Gasteiger partial charge >= 0.3 is 0 Å². The number of amides is 1. The van der Waals surface area contributed by atoms with Crippen molar-refractivity contribution in [1.29, 1.82) is 5.26 Å². The standard InChI is InChI=1S/C19H25N5.C2H5NO.C2H6/c1-13-7-8-14(2)16(9-13)22-18-21-11-15(10-20)17(23-18)24(6)12-19(3,4)5;1-3-2-4;1-2/h7-9,11H,12H2,1-6H3,(H,21,22,23);2H,1H3,(H,3,4);1-2H3. The predicted octanol–water partition coefficient (Wildman–Crippen LogP) is 4.58. The molecule has 0 saturated heterocycles. The number of hydrogen-bond acceptors (Lipinski definition) is 6. The minimum absolute atomic E-state index is 0.104. The average Bonchev–Trinajstić information content (AvgIpc) is 2.71. The van der Waals surface area contributed by atoms with Gasteiger partial charge in [0.2, 0.25) is 12.4 Å². The summed E-state index contributed by atoms with van der Waals surface area (Å²) in [5, 5.41) is 14.9. The van der Waals surface area contributed by atoms with Gasteiger partial charge in [-0.15, -0.1) is 0 Å². The second-order valence-electron chi connectivity index (χ2n) is 7.81. The highest BCUT2D eigenvalue weighted by Crippen LogP contribution is 2.24. The van der Waals surface area contributed by atoms with Crippen LogP contribution in [0, 0.1) is 30.6 Å². The molecule has 1 aromatic heterocycles. The van der Waals surface area contributed by atoms with E-state index in [0.717, 1.165) is 17.8 Å².